The van der Waals surface area contributed by atoms with Crippen molar-refractivity contribution in [3.8, 4) is 0 Å². The highest BCUT2D eigenvalue weighted by atomic mass is 79.9. The maximum Gasteiger partial charge on any atom is 0.305 e. The lowest BCUT2D eigenvalue weighted by molar-refractivity contribution is -0.143. The van der Waals surface area contributed by atoms with E-state index in [2.05, 4.69) is 21.0 Å². The van der Waals surface area contributed by atoms with Crippen LogP contribution in [0.5, 0.6) is 0 Å². The van der Waals surface area contributed by atoms with Gasteiger partial charge in [0.05, 0.1) is 18.2 Å². The molecule has 1 atom stereocenters. The summed E-state index contributed by atoms with van der Waals surface area (Å²) in [6.45, 7) is 3.93. The third-order valence-corrected chi connectivity index (χ3v) is 3.76. The molecule has 0 saturated carbocycles. The second-order valence-electron chi connectivity index (χ2n) is 4.77. The fourth-order valence-corrected chi connectivity index (χ4v) is 2.61. The zero-order valence-electron chi connectivity index (χ0n) is 12.0. The van der Waals surface area contributed by atoms with Crippen LogP contribution in [0.25, 0.3) is 0 Å². The maximum absolute atomic E-state index is 12.4. The predicted molar refractivity (Wildman–Crippen MR) is 84.1 cm³/mol. The molecule has 5 nitrogen and oxygen atoms in total. The minimum absolute atomic E-state index is 0.102. The Balaban J connectivity index is 2.06. The van der Waals surface area contributed by atoms with Gasteiger partial charge in [-0.15, -0.1) is 0 Å². The Morgan fingerprint density at radius 3 is 2.90 bits per heavy atom. The van der Waals surface area contributed by atoms with Crippen molar-refractivity contribution in [2.45, 2.75) is 26.7 Å². The van der Waals surface area contributed by atoms with Crippen molar-refractivity contribution < 1.29 is 14.3 Å². The zero-order chi connectivity index (χ0) is 15.4. The molecule has 1 aromatic rings. The van der Waals surface area contributed by atoms with Gasteiger partial charge in [0.25, 0.3) is 5.91 Å². The Kier molecular flexibility index (Phi) is 5.12. The molecule has 0 spiro atoms. The van der Waals surface area contributed by atoms with Crippen LogP contribution >= 0.6 is 15.9 Å². The van der Waals surface area contributed by atoms with Crippen molar-refractivity contribution in [3.05, 3.63) is 28.7 Å². The number of ether oxygens (including phenoxy) is 1. The van der Waals surface area contributed by atoms with E-state index >= 15 is 0 Å². The molecule has 21 heavy (non-hydrogen) atoms. The number of hydrogen-bond donors (Lipinski definition) is 0. The van der Waals surface area contributed by atoms with Crippen molar-refractivity contribution in [2.75, 3.05) is 11.6 Å². The van der Waals surface area contributed by atoms with E-state index in [1.807, 2.05) is 31.2 Å². The molecule has 2 rings (SSSR count). The van der Waals surface area contributed by atoms with Gasteiger partial charge in [-0.3, -0.25) is 9.59 Å². The van der Waals surface area contributed by atoms with E-state index in [0.29, 0.717) is 18.7 Å². The number of anilines is 1. The molecule has 0 bridgehead atoms. The quantitative estimate of drug-likeness (QED) is 0.764. The first-order valence-electron chi connectivity index (χ1n) is 6.83. The first-order chi connectivity index (χ1) is 10.0. The predicted octanol–water partition coefficient (Wildman–Crippen LogP) is 3.13. The summed E-state index contributed by atoms with van der Waals surface area (Å²) in [6.07, 6.45) is 0.654. The van der Waals surface area contributed by atoms with Gasteiger partial charge in [0.15, 0.2) is 0 Å². The molecule has 0 aliphatic carbocycles. The van der Waals surface area contributed by atoms with Gasteiger partial charge in [0.1, 0.15) is 0 Å². The average Bonchev–Trinajstić information content (AvgIpc) is 2.72. The van der Waals surface area contributed by atoms with Crippen molar-refractivity contribution >= 4 is 39.2 Å². The van der Waals surface area contributed by atoms with Gasteiger partial charge in [0, 0.05) is 16.6 Å². The number of amides is 1. The van der Waals surface area contributed by atoms with Gasteiger partial charge in [-0.25, -0.2) is 5.01 Å². The lowest BCUT2D eigenvalue weighted by atomic mass is 9.98. The van der Waals surface area contributed by atoms with Crippen molar-refractivity contribution in [1.29, 1.82) is 0 Å². The second-order valence-corrected chi connectivity index (χ2v) is 5.68. The highest BCUT2D eigenvalue weighted by molar-refractivity contribution is 9.10. The first-order valence-corrected chi connectivity index (χ1v) is 7.62. The number of carbonyl (C=O) groups excluding carboxylic acids is 2. The molecular weight excluding hydrogens is 336 g/mol. The van der Waals surface area contributed by atoms with Gasteiger partial charge in [-0.2, -0.15) is 5.10 Å². The number of halogens is 1. The maximum atomic E-state index is 12.4. The molecule has 1 amide bonds. The smallest absolute Gasteiger partial charge is 0.305 e. The van der Waals surface area contributed by atoms with E-state index in [0.717, 1.165) is 10.2 Å². The molecule has 112 valence electrons. The number of nitrogens with zero attached hydrogens (tertiary/aromatic N) is 2. The van der Waals surface area contributed by atoms with E-state index in [1.54, 1.807) is 6.92 Å². The van der Waals surface area contributed by atoms with Crippen LogP contribution in [0.4, 0.5) is 5.69 Å². The minimum atomic E-state index is -0.353. The molecule has 0 radical (unpaired) electrons. The lowest BCUT2D eigenvalue weighted by Gasteiger charge is -2.14. The molecule has 1 unspecified atom stereocenters. The summed E-state index contributed by atoms with van der Waals surface area (Å²) in [5.41, 5.74) is 1.44. The van der Waals surface area contributed by atoms with Crippen LogP contribution in [-0.4, -0.2) is 24.2 Å². The third-order valence-electron chi connectivity index (χ3n) is 3.26. The van der Waals surface area contributed by atoms with Crippen LogP contribution in [0.3, 0.4) is 0 Å². The Labute approximate surface area is 132 Å². The molecule has 1 aliphatic heterocycles. The Bertz CT molecular complexity index is 586. The Hall–Kier alpha value is -1.69. The van der Waals surface area contributed by atoms with Crippen molar-refractivity contribution in [3.63, 3.8) is 0 Å². The lowest BCUT2D eigenvalue weighted by Crippen LogP contribution is -2.27. The molecule has 0 N–H and O–H groups in total. The largest absolute Gasteiger partial charge is 0.466 e. The first kappa shape index (κ1) is 15.7. The standard InChI is InChI=1S/C15H17BrN2O3/c1-3-21-14(19)8-7-13-10(2)17-18(15(13)20)12-6-4-5-11(16)9-12/h4-6,9,13H,3,7-8H2,1-2H3. The number of rotatable bonds is 5. The second kappa shape index (κ2) is 6.85. The summed E-state index contributed by atoms with van der Waals surface area (Å²) >= 11 is 3.38. The van der Waals surface area contributed by atoms with E-state index in [1.165, 1.54) is 5.01 Å². The van der Waals surface area contributed by atoms with Gasteiger partial charge < -0.3 is 4.74 Å². The highest BCUT2D eigenvalue weighted by Crippen LogP contribution is 2.28. The van der Waals surface area contributed by atoms with Gasteiger partial charge in [0.2, 0.25) is 0 Å². The normalized spacial score (nSPS) is 17.9. The summed E-state index contributed by atoms with van der Waals surface area (Å²) in [4.78, 5) is 23.9. The SMILES string of the molecule is CCOC(=O)CCC1C(=O)N(c2cccc(Br)c2)N=C1C. The fourth-order valence-electron chi connectivity index (χ4n) is 2.22. The molecule has 6 heteroatoms. The molecule has 1 heterocycles. The van der Waals surface area contributed by atoms with Crippen molar-refractivity contribution in [1.82, 2.24) is 0 Å². The molecule has 0 aromatic heterocycles. The topological polar surface area (TPSA) is 59.0 Å². The fraction of sp³-hybridized carbons (Fsp3) is 0.400. The number of hydrazone groups is 1. The molecule has 1 aliphatic rings. The molecule has 1 aromatic carbocycles. The van der Waals surface area contributed by atoms with Crippen LogP contribution < -0.4 is 5.01 Å². The zero-order valence-corrected chi connectivity index (χ0v) is 13.6. The van der Waals surface area contributed by atoms with Gasteiger partial charge in [-0.05, 0) is 38.5 Å². The summed E-state index contributed by atoms with van der Waals surface area (Å²) in [5, 5.41) is 5.71. The number of hydrogen-bond acceptors (Lipinski definition) is 4. The average molecular weight is 353 g/mol. The van der Waals surface area contributed by atoms with Crippen molar-refractivity contribution in [2.24, 2.45) is 11.0 Å². The van der Waals surface area contributed by atoms with Crippen LogP contribution in [-0.2, 0) is 14.3 Å². The molecule has 0 saturated heterocycles. The van der Waals surface area contributed by atoms with E-state index < -0.39 is 0 Å². The van der Waals surface area contributed by atoms with Crippen LogP contribution in [0, 0.1) is 5.92 Å². The number of esters is 1. The third kappa shape index (κ3) is 3.69. The summed E-state index contributed by atoms with van der Waals surface area (Å²) in [7, 11) is 0. The molecular formula is C15H17BrN2O3. The van der Waals surface area contributed by atoms with Crippen LogP contribution in [0.2, 0.25) is 0 Å². The molecule has 0 fully saturated rings. The Morgan fingerprint density at radius 2 is 2.24 bits per heavy atom. The minimum Gasteiger partial charge on any atom is -0.466 e. The summed E-state index contributed by atoms with van der Waals surface area (Å²) in [6, 6.07) is 7.40. The van der Waals surface area contributed by atoms with E-state index in [4.69, 9.17) is 4.74 Å². The van der Waals surface area contributed by atoms with Gasteiger partial charge >= 0.3 is 5.97 Å². The summed E-state index contributed by atoms with van der Waals surface area (Å²) in [5.74, 6) is -0.734. The van der Waals surface area contributed by atoms with Crippen LogP contribution in [0.15, 0.2) is 33.8 Å². The number of carbonyl (C=O) groups is 2. The van der Waals surface area contributed by atoms with E-state index in [-0.39, 0.29) is 24.2 Å². The van der Waals surface area contributed by atoms with E-state index in [9.17, 15) is 9.59 Å². The highest BCUT2D eigenvalue weighted by Gasteiger charge is 2.34. The summed E-state index contributed by atoms with van der Waals surface area (Å²) < 4.78 is 5.77. The number of benzene rings is 1. The van der Waals surface area contributed by atoms with Crippen LogP contribution in [0.1, 0.15) is 26.7 Å². The Morgan fingerprint density at radius 1 is 1.48 bits per heavy atom. The van der Waals surface area contributed by atoms with Gasteiger partial charge in [-0.1, -0.05) is 22.0 Å². The monoisotopic (exact) mass is 352 g/mol.